The fourth-order valence-corrected chi connectivity index (χ4v) is 1.46. The maximum Gasteiger partial charge on any atom is 0.141 e. The molecule has 0 amide bonds. The molecule has 0 aliphatic heterocycles. The van der Waals surface area contributed by atoms with Crippen molar-refractivity contribution in [1.29, 1.82) is 0 Å². The maximum atomic E-state index is 9.53. The Morgan fingerprint density at radius 1 is 1.38 bits per heavy atom. The molecule has 0 bridgehead atoms. The van der Waals surface area contributed by atoms with Crippen LogP contribution in [0.5, 0.6) is 5.75 Å². The number of rotatable bonds is 1. The number of aromatic nitrogens is 1. The van der Waals surface area contributed by atoms with E-state index >= 15 is 0 Å². The van der Waals surface area contributed by atoms with Crippen molar-refractivity contribution in [3.05, 3.63) is 30.5 Å². The van der Waals surface area contributed by atoms with Crippen molar-refractivity contribution in [3.63, 3.8) is 0 Å². The lowest BCUT2D eigenvalue weighted by Gasteiger charge is -1.97. The zero-order valence-electron chi connectivity index (χ0n) is 7.07. The minimum atomic E-state index is 0.283. The van der Waals surface area contributed by atoms with Gasteiger partial charge in [0.05, 0.1) is 12.1 Å². The van der Waals surface area contributed by atoms with Gasteiger partial charge in [-0.2, -0.15) is 0 Å². The van der Waals surface area contributed by atoms with Crippen LogP contribution in [0.2, 0.25) is 0 Å². The molecule has 1 heterocycles. The summed E-state index contributed by atoms with van der Waals surface area (Å²) in [4.78, 5) is 0. The Labute approximate surface area is 76.4 Å². The highest BCUT2D eigenvalue weighted by Crippen LogP contribution is 2.25. The first-order chi connectivity index (χ1) is 6.33. The van der Waals surface area contributed by atoms with Crippen LogP contribution in [0.3, 0.4) is 0 Å². The van der Waals surface area contributed by atoms with Gasteiger partial charge >= 0.3 is 0 Å². The summed E-state index contributed by atoms with van der Waals surface area (Å²) in [6.07, 6.45) is 6.87. The SMILES string of the molecule is C#CCn1cc(O)c2ccccc21. The van der Waals surface area contributed by atoms with E-state index in [2.05, 4.69) is 5.92 Å². The van der Waals surface area contributed by atoms with Gasteiger partial charge in [-0.3, -0.25) is 0 Å². The first kappa shape index (κ1) is 7.75. The van der Waals surface area contributed by atoms with E-state index in [0.717, 1.165) is 10.9 Å². The van der Waals surface area contributed by atoms with Crippen molar-refractivity contribution < 1.29 is 5.11 Å². The molecule has 0 aliphatic carbocycles. The number of hydrogen-bond donors (Lipinski definition) is 1. The second-order valence-corrected chi connectivity index (χ2v) is 2.86. The molecular formula is C11H9NO. The smallest absolute Gasteiger partial charge is 0.141 e. The van der Waals surface area contributed by atoms with Gasteiger partial charge in [-0.1, -0.05) is 18.1 Å². The fraction of sp³-hybridized carbons (Fsp3) is 0.0909. The molecule has 1 aromatic heterocycles. The van der Waals surface area contributed by atoms with Gasteiger partial charge in [0.2, 0.25) is 0 Å². The zero-order valence-corrected chi connectivity index (χ0v) is 7.07. The molecule has 0 aliphatic rings. The molecule has 0 fully saturated rings. The van der Waals surface area contributed by atoms with Crippen LogP contribution >= 0.6 is 0 Å². The molecule has 2 rings (SSSR count). The predicted molar refractivity (Wildman–Crippen MR) is 52.4 cm³/mol. The molecular weight excluding hydrogens is 162 g/mol. The van der Waals surface area contributed by atoms with E-state index in [1.54, 1.807) is 6.20 Å². The normalized spacial score (nSPS) is 10.1. The van der Waals surface area contributed by atoms with Gasteiger partial charge in [-0.25, -0.2) is 0 Å². The van der Waals surface area contributed by atoms with E-state index in [0.29, 0.717) is 6.54 Å². The van der Waals surface area contributed by atoms with Gasteiger partial charge < -0.3 is 9.67 Å². The first-order valence-electron chi connectivity index (χ1n) is 4.03. The zero-order chi connectivity index (χ0) is 9.26. The van der Waals surface area contributed by atoms with Crippen LogP contribution in [-0.4, -0.2) is 9.67 Å². The molecule has 2 nitrogen and oxygen atoms in total. The van der Waals surface area contributed by atoms with E-state index in [1.165, 1.54) is 0 Å². The van der Waals surface area contributed by atoms with E-state index < -0.39 is 0 Å². The number of hydrogen-bond acceptors (Lipinski definition) is 1. The first-order valence-corrected chi connectivity index (χ1v) is 4.03. The van der Waals surface area contributed by atoms with E-state index in [-0.39, 0.29) is 5.75 Å². The van der Waals surface area contributed by atoms with Crippen LogP contribution in [0, 0.1) is 12.3 Å². The summed E-state index contributed by atoms with van der Waals surface area (Å²) >= 11 is 0. The Morgan fingerprint density at radius 3 is 2.92 bits per heavy atom. The molecule has 1 aromatic carbocycles. The highest BCUT2D eigenvalue weighted by molar-refractivity contribution is 5.86. The van der Waals surface area contributed by atoms with E-state index in [9.17, 15) is 5.11 Å². The van der Waals surface area contributed by atoms with Gasteiger partial charge in [-0.05, 0) is 12.1 Å². The van der Waals surface area contributed by atoms with Crippen molar-refractivity contribution in [1.82, 2.24) is 4.57 Å². The van der Waals surface area contributed by atoms with Crippen molar-refractivity contribution in [2.24, 2.45) is 0 Å². The molecule has 0 atom stereocenters. The molecule has 0 saturated carbocycles. The number of nitrogens with zero attached hydrogens (tertiary/aromatic N) is 1. The van der Waals surface area contributed by atoms with Crippen molar-refractivity contribution in [2.75, 3.05) is 0 Å². The average Bonchev–Trinajstić information content (AvgIpc) is 2.46. The number of fused-ring (bicyclic) bond motifs is 1. The van der Waals surface area contributed by atoms with Crippen LogP contribution in [0.25, 0.3) is 10.9 Å². The van der Waals surface area contributed by atoms with Crippen molar-refractivity contribution in [3.8, 4) is 18.1 Å². The van der Waals surface area contributed by atoms with E-state index in [1.807, 2.05) is 28.8 Å². The molecule has 64 valence electrons. The van der Waals surface area contributed by atoms with Gasteiger partial charge in [0.15, 0.2) is 0 Å². The lowest BCUT2D eigenvalue weighted by molar-refractivity contribution is 0.479. The molecule has 0 unspecified atom stereocenters. The van der Waals surface area contributed by atoms with Crippen molar-refractivity contribution in [2.45, 2.75) is 6.54 Å². The van der Waals surface area contributed by atoms with Crippen LogP contribution in [0.1, 0.15) is 0 Å². The Hall–Kier alpha value is -1.88. The summed E-state index contributed by atoms with van der Waals surface area (Å²) in [6.45, 7) is 0.487. The van der Waals surface area contributed by atoms with Crippen LogP contribution < -0.4 is 0 Å². The maximum absolute atomic E-state index is 9.53. The third-order valence-electron chi connectivity index (χ3n) is 2.03. The minimum absolute atomic E-state index is 0.283. The fourth-order valence-electron chi connectivity index (χ4n) is 1.46. The van der Waals surface area contributed by atoms with E-state index in [4.69, 9.17) is 6.42 Å². The summed E-state index contributed by atoms with van der Waals surface area (Å²) in [7, 11) is 0. The lowest BCUT2D eigenvalue weighted by atomic mass is 10.2. The number of benzene rings is 1. The Kier molecular flexibility index (Phi) is 1.71. The van der Waals surface area contributed by atoms with Crippen LogP contribution in [0.15, 0.2) is 30.5 Å². The number of para-hydroxylation sites is 1. The molecule has 2 heteroatoms. The summed E-state index contributed by atoms with van der Waals surface area (Å²) in [6, 6.07) is 7.63. The van der Waals surface area contributed by atoms with Crippen LogP contribution in [-0.2, 0) is 6.54 Å². The molecule has 2 aromatic rings. The third kappa shape index (κ3) is 1.15. The molecule has 0 saturated heterocycles. The highest BCUT2D eigenvalue weighted by Gasteiger charge is 2.04. The largest absolute Gasteiger partial charge is 0.506 e. The molecule has 0 radical (unpaired) electrons. The number of aromatic hydroxyl groups is 1. The lowest BCUT2D eigenvalue weighted by Crippen LogP contribution is -1.91. The van der Waals surface area contributed by atoms with Gasteiger partial charge in [0.1, 0.15) is 5.75 Å². The van der Waals surface area contributed by atoms with Crippen molar-refractivity contribution >= 4 is 10.9 Å². The second-order valence-electron chi connectivity index (χ2n) is 2.86. The molecule has 0 spiro atoms. The van der Waals surface area contributed by atoms with Gasteiger partial charge in [-0.15, -0.1) is 6.42 Å². The average molecular weight is 171 g/mol. The Morgan fingerprint density at radius 2 is 2.15 bits per heavy atom. The quantitative estimate of drug-likeness (QED) is 0.652. The number of terminal acetylenes is 1. The Bertz CT molecular complexity index is 476. The molecule has 1 N–H and O–H groups in total. The summed E-state index contributed by atoms with van der Waals surface area (Å²) in [5.41, 5.74) is 0.970. The van der Waals surface area contributed by atoms with Gasteiger partial charge in [0, 0.05) is 11.6 Å². The summed E-state index contributed by atoms with van der Waals surface area (Å²) in [5, 5.41) is 10.4. The summed E-state index contributed by atoms with van der Waals surface area (Å²) < 4.78 is 1.85. The highest BCUT2D eigenvalue weighted by atomic mass is 16.3. The standard InChI is InChI=1S/C11H9NO/c1-2-7-12-8-11(13)9-5-3-4-6-10(9)12/h1,3-6,8,13H,7H2. The topological polar surface area (TPSA) is 25.2 Å². The second kappa shape index (κ2) is 2.87. The Balaban J connectivity index is 2.72. The summed E-state index contributed by atoms with van der Waals surface area (Å²) in [5.74, 6) is 2.82. The van der Waals surface area contributed by atoms with Gasteiger partial charge in [0.25, 0.3) is 0 Å². The third-order valence-corrected chi connectivity index (χ3v) is 2.03. The van der Waals surface area contributed by atoms with Crippen LogP contribution in [0.4, 0.5) is 0 Å². The molecule has 13 heavy (non-hydrogen) atoms. The minimum Gasteiger partial charge on any atom is -0.506 e. The monoisotopic (exact) mass is 171 g/mol. The predicted octanol–water partition coefficient (Wildman–Crippen LogP) is 1.98.